The van der Waals surface area contributed by atoms with Crippen LogP contribution in [-0.4, -0.2) is 37.7 Å². The molecule has 0 spiro atoms. The van der Waals surface area contributed by atoms with E-state index in [-0.39, 0.29) is 35.7 Å². The van der Waals surface area contributed by atoms with Crippen LogP contribution in [0.2, 0.25) is 0 Å². The zero-order valence-corrected chi connectivity index (χ0v) is 22.1. The Hall–Kier alpha value is -3.75. The van der Waals surface area contributed by atoms with Crippen LogP contribution >= 0.6 is 0 Å². The van der Waals surface area contributed by atoms with Crippen LogP contribution in [0, 0.1) is 0 Å². The van der Waals surface area contributed by atoms with E-state index in [1.54, 1.807) is 35.2 Å². The minimum atomic E-state index is -3.53. The summed E-state index contributed by atoms with van der Waals surface area (Å²) < 4.78 is 27.6. The molecular weight excluding hydrogens is 498 g/mol. The summed E-state index contributed by atoms with van der Waals surface area (Å²) in [6.07, 6.45) is 3.92. The van der Waals surface area contributed by atoms with Crippen molar-refractivity contribution in [1.29, 1.82) is 0 Å². The summed E-state index contributed by atoms with van der Waals surface area (Å²) in [6.45, 7) is 4.24. The van der Waals surface area contributed by atoms with Gasteiger partial charge in [0, 0.05) is 25.6 Å². The summed E-state index contributed by atoms with van der Waals surface area (Å²) in [6, 6.07) is 24.7. The molecule has 1 unspecified atom stereocenters. The summed E-state index contributed by atoms with van der Waals surface area (Å²) in [7, 11) is -3.53. The Morgan fingerprint density at radius 2 is 1.55 bits per heavy atom. The SMILES string of the molecule is C=CCNC(=O)C(c1ccccc1)N(Cc1ccccc1)C(=O)CCc1ccc(S(=O)(=O)NC2CC2)cc1. The van der Waals surface area contributed by atoms with E-state index >= 15 is 0 Å². The molecule has 1 fully saturated rings. The Morgan fingerprint density at radius 1 is 0.921 bits per heavy atom. The zero-order valence-electron chi connectivity index (χ0n) is 21.3. The second kappa shape index (κ2) is 12.7. The summed E-state index contributed by atoms with van der Waals surface area (Å²) in [4.78, 5) is 28.8. The van der Waals surface area contributed by atoms with Crippen molar-refractivity contribution in [2.24, 2.45) is 0 Å². The Kier molecular flexibility index (Phi) is 9.10. The van der Waals surface area contributed by atoms with Crippen molar-refractivity contribution in [2.45, 2.75) is 49.2 Å². The maximum Gasteiger partial charge on any atom is 0.247 e. The first-order chi connectivity index (χ1) is 18.4. The third-order valence-corrected chi connectivity index (χ3v) is 7.91. The number of hydrogen-bond donors (Lipinski definition) is 2. The molecule has 7 nitrogen and oxygen atoms in total. The third kappa shape index (κ3) is 7.40. The summed E-state index contributed by atoms with van der Waals surface area (Å²) in [5, 5.41) is 2.85. The molecular formula is C30H33N3O4S. The number of sulfonamides is 1. The molecule has 38 heavy (non-hydrogen) atoms. The van der Waals surface area contributed by atoms with Gasteiger partial charge in [-0.1, -0.05) is 78.9 Å². The maximum absolute atomic E-state index is 13.7. The number of nitrogens with one attached hydrogen (secondary N) is 2. The molecule has 198 valence electrons. The number of aryl methyl sites for hydroxylation is 1. The van der Waals surface area contributed by atoms with Gasteiger partial charge in [-0.2, -0.15) is 0 Å². The fourth-order valence-electron chi connectivity index (χ4n) is 4.20. The smallest absolute Gasteiger partial charge is 0.247 e. The lowest BCUT2D eigenvalue weighted by atomic mass is 10.0. The normalized spacial score (nSPS) is 13.9. The molecule has 1 atom stereocenters. The molecule has 0 radical (unpaired) electrons. The van der Waals surface area contributed by atoms with Crippen molar-refractivity contribution < 1.29 is 18.0 Å². The first-order valence-corrected chi connectivity index (χ1v) is 14.2. The van der Waals surface area contributed by atoms with E-state index < -0.39 is 16.1 Å². The van der Waals surface area contributed by atoms with E-state index in [4.69, 9.17) is 0 Å². The van der Waals surface area contributed by atoms with Crippen molar-refractivity contribution in [3.8, 4) is 0 Å². The molecule has 0 bridgehead atoms. The molecule has 1 aliphatic rings. The van der Waals surface area contributed by atoms with Crippen LogP contribution in [-0.2, 0) is 32.6 Å². The lowest BCUT2D eigenvalue weighted by molar-refractivity contribution is -0.141. The number of amides is 2. The second-order valence-corrected chi connectivity index (χ2v) is 11.1. The monoisotopic (exact) mass is 531 g/mol. The topological polar surface area (TPSA) is 95.6 Å². The molecule has 3 aromatic carbocycles. The van der Waals surface area contributed by atoms with Gasteiger partial charge >= 0.3 is 0 Å². The molecule has 1 saturated carbocycles. The Bertz CT molecular complexity index is 1340. The number of nitrogens with zero attached hydrogens (tertiary/aromatic N) is 1. The molecule has 0 aromatic heterocycles. The largest absolute Gasteiger partial charge is 0.351 e. The van der Waals surface area contributed by atoms with Crippen molar-refractivity contribution >= 4 is 21.8 Å². The van der Waals surface area contributed by atoms with E-state index in [1.807, 2.05) is 60.7 Å². The number of carbonyl (C=O) groups is 2. The Balaban J connectivity index is 1.54. The van der Waals surface area contributed by atoms with Crippen molar-refractivity contribution in [1.82, 2.24) is 14.9 Å². The number of hydrogen-bond acceptors (Lipinski definition) is 4. The molecule has 3 aromatic rings. The van der Waals surface area contributed by atoms with Gasteiger partial charge < -0.3 is 10.2 Å². The molecule has 2 amide bonds. The van der Waals surface area contributed by atoms with Gasteiger partial charge in [0.05, 0.1) is 4.90 Å². The van der Waals surface area contributed by atoms with Crippen LogP contribution < -0.4 is 10.0 Å². The van der Waals surface area contributed by atoms with E-state index in [0.29, 0.717) is 13.0 Å². The molecule has 4 rings (SSSR count). The molecule has 8 heteroatoms. The average Bonchev–Trinajstić information content (AvgIpc) is 3.75. The van der Waals surface area contributed by atoms with E-state index in [2.05, 4.69) is 16.6 Å². The van der Waals surface area contributed by atoms with Gasteiger partial charge in [-0.3, -0.25) is 9.59 Å². The predicted molar refractivity (Wildman–Crippen MR) is 147 cm³/mol. The van der Waals surface area contributed by atoms with Crippen LogP contribution in [0.4, 0.5) is 0 Å². The highest BCUT2D eigenvalue weighted by atomic mass is 32.2. The molecule has 1 aliphatic carbocycles. The maximum atomic E-state index is 13.7. The van der Waals surface area contributed by atoms with Crippen LogP contribution in [0.15, 0.2) is 102 Å². The van der Waals surface area contributed by atoms with E-state index in [9.17, 15) is 18.0 Å². The minimum Gasteiger partial charge on any atom is -0.351 e. The molecule has 0 saturated heterocycles. The molecule has 0 heterocycles. The minimum absolute atomic E-state index is 0.0362. The van der Waals surface area contributed by atoms with E-state index in [1.165, 1.54) is 0 Å². The fourth-order valence-corrected chi connectivity index (χ4v) is 5.50. The number of rotatable bonds is 13. The lowest BCUT2D eigenvalue weighted by Crippen LogP contribution is -2.43. The van der Waals surface area contributed by atoms with Crippen molar-refractivity contribution in [2.75, 3.05) is 6.54 Å². The van der Waals surface area contributed by atoms with Crippen molar-refractivity contribution in [3.05, 3.63) is 114 Å². The Labute approximate surface area is 224 Å². The lowest BCUT2D eigenvalue weighted by Gasteiger charge is -2.31. The summed E-state index contributed by atoms with van der Waals surface area (Å²) in [5.74, 6) is -0.457. The molecule has 0 aliphatic heterocycles. The third-order valence-electron chi connectivity index (χ3n) is 6.37. The van der Waals surface area contributed by atoms with Gasteiger partial charge in [0.25, 0.3) is 0 Å². The Morgan fingerprint density at radius 3 is 2.16 bits per heavy atom. The summed E-state index contributed by atoms with van der Waals surface area (Å²) in [5.41, 5.74) is 2.47. The quantitative estimate of drug-likeness (QED) is 0.324. The van der Waals surface area contributed by atoms with Gasteiger partial charge in [0.1, 0.15) is 6.04 Å². The van der Waals surface area contributed by atoms with Gasteiger partial charge in [0.15, 0.2) is 0 Å². The number of carbonyl (C=O) groups excluding carboxylic acids is 2. The standard InChI is InChI=1S/C30H33N3O4S/c1-2-21-31-30(35)29(25-11-7-4-8-12-25)33(22-24-9-5-3-6-10-24)28(34)20-15-23-13-18-27(19-14-23)38(36,37)32-26-16-17-26/h2-14,18-19,26,29,32H,1,15-17,20-22H2,(H,31,35). The van der Waals surface area contributed by atoms with Crippen LogP contribution in [0.1, 0.15) is 42.0 Å². The van der Waals surface area contributed by atoms with Gasteiger partial charge in [-0.25, -0.2) is 13.1 Å². The van der Waals surface area contributed by atoms with E-state index in [0.717, 1.165) is 29.5 Å². The van der Waals surface area contributed by atoms with Gasteiger partial charge in [-0.15, -0.1) is 6.58 Å². The van der Waals surface area contributed by atoms with Gasteiger partial charge in [0.2, 0.25) is 21.8 Å². The predicted octanol–water partition coefficient (Wildman–Crippen LogP) is 4.13. The van der Waals surface area contributed by atoms with Crippen LogP contribution in [0.25, 0.3) is 0 Å². The van der Waals surface area contributed by atoms with Crippen LogP contribution in [0.5, 0.6) is 0 Å². The summed E-state index contributed by atoms with van der Waals surface area (Å²) >= 11 is 0. The highest BCUT2D eigenvalue weighted by molar-refractivity contribution is 7.89. The van der Waals surface area contributed by atoms with Gasteiger partial charge in [-0.05, 0) is 48.1 Å². The second-order valence-electron chi connectivity index (χ2n) is 9.39. The highest BCUT2D eigenvalue weighted by Crippen LogP contribution is 2.26. The number of benzene rings is 3. The fraction of sp³-hybridized carbons (Fsp3) is 0.267. The van der Waals surface area contributed by atoms with Crippen molar-refractivity contribution in [3.63, 3.8) is 0 Å². The highest BCUT2D eigenvalue weighted by Gasteiger charge is 2.31. The zero-order chi connectivity index (χ0) is 27.0. The van der Waals surface area contributed by atoms with Crippen LogP contribution in [0.3, 0.4) is 0 Å². The first-order valence-electron chi connectivity index (χ1n) is 12.8. The average molecular weight is 532 g/mol. The molecule has 2 N–H and O–H groups in total. The first kappa shape index (κ1) is 27.3.